The van der Waals surface area contributed by atoms with Crippen molar-refractivity contribution in [3.63, 3.8) is 0 Å². The van der Waals surface area contributed by atoms with E-state index in [0.29, 0.717) is 6.54 Å². The predicted octanol–water partition coefficient (Wildman–Crippen LogP) is 4.66. The first-order chi connectivity index (χ1) is 11.2. The number of methoxy groups -OCH3 is 1. The molecular formula is C20H25NO2. The monoisotopic (exact) mass is 311 g/mol. The minimum atomic E-state index is 0.0193. The third-order valence-electron chi connectivity index (χ3n) is 3.98. The van der Waals surface area contributed by atoms with Crippen LogP contribution in [0.15, 0.2) is 54.6 Å². The van der Waals surface area contributed by atoms with Crippen LogP contribution in [-0.4, -0.2) is 13.0 Å². The molecule has 0 saturated carbocycles. The number of ether oxygens (including phenoxy) is 1. The molecule has 2 aromatic carbocycles. The maximum Gasteiger partial charge on any atom is 0.230 e. The number of hydrogen-bond donors (Lipinski definition) is 0. The Kier molecular flexibility index (Phi) is 6.21. The molecule has 0 N–H and O–H groups in total. The zero-order valence-electron chi connectivity index (χ0n) is 14.2. The summed E-state index contributed by atoms with van der Waals surface area (Å²) in [7, 11) is 1.64. The van der Waals surface area contributed by atoms with Gasteiger partial charge in [0.25, 0.3) is 0 Å². The van der Waals surface area contributed by atoms with E-state index >= 15 is 0 Å². The van der Waals surface area contributed by atoms with Crippen molar-refractivity contribution in [3.8, 4) is 5.75 Å². The van der Waals surface area contributed by atoms with Gasteiger partial charge < -0.3 is 9.64 Å². The van der Waals surface area contributed by atoms with Crippen molar-refractivity contribution in [2.24, 2.45) is 5.92 Å². The van der Waals surface area contributed by atoms with E-state index in [-0.39, 0.29) is 11.8 Å². The van der Waals surface area contributed by atoms with Gasteiger partial charge in [-0.1, -0.05) is 50.6 Å². The van der Waals surface area contributed by atoms with Crippen LogP contribution in [0.25, 0.3) is 0 Å². The number of rotatable bonds is 7. The third-order valence-corrected chi connectivity index (χ3v) is 3.98. The summed E-state index contributed by atoms with van der Waals surface area (Å²) in [6.07, 6.45) is 1.91. The summed E-state index contributed by atoms with van der Waals surface area (Å²) >= 11 is 0. The van der Waals surface area contributed by atoms with Crippen molar-refractivity contribution in [3.05, 3.63) is 60.2 Å². The number of benzene rings is 2. The van der Waals surface area contributed by atoms with Crippen LogP contribution in [0.1, 0.15) is 32.3 Å². The second kappa shape index (κ2) is 8.37. The average Bonchev–Trinajstić information content (AvgIpc) is 2.60. The van der Waals surface area contributed by atoms with Crippen LogP contribution < -0.4 is 9.64 Å². The summed E-state index contributed by atoms with van der Waals surface area (Å²) in [5.41, 5.74) is 2.03. The second-order valence-electron chi connectivity index (χ2n) is 5.80. The van der Waals surface area contributed by atoms with Gasteiger partial charge in [0.1, 0.15) is 5.75 Å². The molecular weight excluding hydrogens is 286 g/mol. The van der Waals surface area contributed by atoms with Crippen molar-refractivity contribution in [1.82, 2.24) is 0 Å². The fraction of sp³-hybridized carbons (Fsp3) is 0.350. The highest BCUT2D eigenvalue weighted by atomic mass is 16.5. The van der Waals surface area contributed by atoms with Gasteiger partial charge in [-0.15, -0.1) is 0 Å². The van der Waals surface area contributed by atoms with Gasteiger partial charge in [-0.05, 0) is 36.2 Å². The van der Waals surface area contributed by atoms with Gasteiger partial charge in [0.05, 0.1) is 13.7 Å². The van der Waals surface area contributed by atoms with E-state index in [1.807, 2.05) is 66.4 Å². The predicted molar refractivity (Wildman–Crippen MR) is 94.7 cm³/mol. The van der Waals surface area contributed by atoms with Crippen LogP contribution in [0.5, 0.6) is 5.75 Å². The largest absolute Gasteiger partial charge is 0.497 e. The van der Waals surface area contributed by atoms with Crippen molar-refractivity contribution in [2.75, 3.05) is 12.0 Å². The SMILES string of the molecule is CCCC(C)C(=O)N(Cc1ccccc1)c1ccc(OC)cc1. The number of hydrogen-bond acceptors (Lipinski definition) is 2. The summed E-state index contributed by atoms with van der Waals surface area (Å²) in [5.74, 6) is 0.981. The number of amides is 1. The van der Waals surface area contributed by atoms with Crippen LogP contribution >= 0.6 is 0 Å². The summed E-state index contributed by atoms with van der Waals surface area (Å²) in [4.78, 5) is 14.8. The van der Waals surface area contributed by atoms with E-state index in [4.69, 9.17) is 4.74 Å². The van der Waals surface area contributed by atoms with E-state index in [1.54, 1.807) is 7.11 Å². The Morgan fingerprint density at radius 2 is 1.74 bits per heavy atom. The van der Waals surface area contributed by atoms with Crippen LogP contribution in [0, 0.1) is 5.92 Å². The molecule has 122 valence electrons. The molecule has 1 unspecified atom stereocenters. The normalized spacial score (nSPS) is 11.8. The highest BCUT2D eigenvalue weighted by molar-refractivity contribution is 5.94. The molecule has 0 spiro atoms. The number of anilines is 1. The first kappa shape index (κ1) is 17.1. The van der Waals surface area contributed by atoms with Crippen LogP contribution in [0.2, 0.25) is 0 Å². The Balaban J connectivity index is 2.27. The van der Waals surface area contributed by atoms with E-state index in [2.05, 4.69) is 6.92 Å². The molecule has 3 heteroatoms. The van der Waals surface area contributed by atoms with Gasteiger partial charge in [0, 0.05) is 11.6 Å². The molecule has 3 nitrogen and oxygen atoms in total. The van der Waals surface area contributed by atoms with E-state index in [9.17, 15) is 4.79 Å². The molecule has 0 radical (unpaired) electrons. The Morgan fingerprint density at radius 1 is 1.09 bits per heavy atom. The topological polar surface area (TPSA) is 29.5 Å². The van der Waals surface area contributed by atoms with Crippen LogP contribution in [0.3, 0.4) is 0 Å². The van der Waals surface area contributed by atoms with Crippen molar-refractivity contribution >= 4 is 11.6 Å². The Hall–Kier alpha value is -2.29. The van der Waals surface area contributed by atoms with Crippen molar-refractivity contribution in [2.45, 2.75) is 33.2 Å². The van der Waals surface area contributed by atoms with Gasteiger partial charge in [-0.25, -0.2) is 0 Å². The number of nitrogens with zero attached hydrogens (tertiary/aromatic N) is 1. The summed E-state index contributed by atoms with van der Waals surface area (Å²) in [6.45, 7) is 4.70. The summed E-state index contributed by atoms with van der Waals surface area (Å²) < 4.78 is 5.21. The van der Waals surface area contributed by atoms with Crippen molar-refractivity contribution in [1.29, 1.82) is 0 Å². The smallest absolute Gasteiger partial charge is 0.230 e. The highest BCUT2D eigenvalue weighted by Gasteiger charge is 2.21. The Labute approximate surface area is 138 Å². The number of carbonyl (C=O) groups excluding carboxylic acids is 1. The quantitative estimate of drug-likeness (QED) is 0.744. The lowest BCUT2D eigenvalue weighted by atomic mass is 10.0. The lowest BCUT2D eigenvalue weighted by molar-refractivity contribution is -0.122. The highest BCUT2D eigenvalue weighted by Crippen LogP contribution is 2.24. The first-order valence-corrected chi connectivity index (χ1v) is 8.15. The fourth-order valence-corrected chi connectivity index (χ4v) is 2.65. The molecule has 1 atom stereocenters. The molecule has 0 saturated heterocycles. The minimum absolute atomic E-state index is 0.0193. The van der Waals surface area contributed by atoms with E-state index in [0.717, 1.165) is 29.8 Å². The standard InChI is InChI=1S/C20H25NO2/c1-4-8-16(2)20(22)21(15-17-9-6-5-7-10-17)18-11-13-19(23-3)14-12-18/h5-7,9-14,16H,4,8,15H2,1-3H3. The molecule has 0 aliphatic heterocycles. The zero-order valence-corrected chi connectivity index (χ0v) is 14.2. The molecule has 23 heavy (non-hydrogen) atoms. The lowest BCUT2D eigenvalue weighted by Gasteiger charge is -2.26. The van der Waals surface area contributed by atoms with E-state index in [1.165, 1.54) is 0 Å². The van der Waals surface area contributed by atoms with E-state index < -0.39 is 0 Å². The maximum atomic E-state index is 12.9. The molecule has 0 aromatic heterocycles. The summed E-state index contributed by atoms with van der Waals surface area (Å²) in [6, 6.07) is 17.8. The summed E-state index contributed by atoms with van der Waals surface area (Å²) in [5, 5.41) is 0. The molecule has 2 rings (SSSR count). The zero-order chi connectivity index (χ0) is 16.7. The Bertz CT molecular complexity index is 607. The third kappa shape index (κ3) is 4.59. The second-order valence-corrected chi connectivity index (χ2v) is 5.80. The van der Waals surface area contributed by atoms with Gasteiger partial charge in [-0.2, -0.15) is 0 Å². The fourth-order valence-electron chi connectivity index (χ4n) is 2.65. The minimum Gasteiger partial charge on any atom is -0.497 e. The van der Waals surface area contributed by atoms with Gasteiger partial charge in [-0.3, -0.25) is 4.79 Å². The molecule has 2 aromatic rings. The molecule has 0 fully saturated rings. The Morgan fingerprint density at radius 3 is 2.30 bits per heavy atom. The van der Waals surface area contributed by atoms with Crippen LogP contribution in [0.4, 0.5) is 5.69 Å². The average molecular weight is 311 g/mol. The molecule has 0 aliphatic rings. The molecule has 1 amide bonds. The van der Waals surface area contributed by atoms with Gasteiger partial charge in [0.2, 0.25) is 5.91 Å². The maximum absolute atomic E-state index is 12.9. The molecule has 0 bridgehead atoms. The van der Waals surface area contributed by atoms with Gasteiger partial charge in [0.15, 0.2) is 0 Å². The van der Waals surface area contributed by atoms with Gasteiger partial charge >= 0.3 is 0 Å². The number of carbonyl (C=O) groups is 1. The molecule has 0 aliphatic carbocycles. The van der Waals surface area contributed by atoms with Crippen LogP contribution in [-0.2, 0) is 11.3 Å². The van der Waals surface area contributed by atoms with Crippen molar-refractivity contribution < 1.29 is 9.53 Å². The lowest BCUT2D eigenvalue weighted by Crippen LogP contribution is -2.34. The first-order valence-electron chi connectivity index (χ1n) is 8.15. The molecule has 0 heterocycles.